The molecule has 0 radical (unpaired) electrons. The van der Waals surface area contributed by atoms with Gasteiger partial charge >= 0.3 is 0 Å². The second-order valence-corrected chi connectivity index (χ2v) is 7.55. The third-order valence-corrected chi connectivity index (χ3v) is 5.33. The van der Waals surface area contributed by atoms with Crippen molar-refractivity contribution in [3.8, 4) is 22.3 Å². The summed E-state index contributed by atoms with van der Waals surface area (Å²) in [4.78, 5) is 16.9. The Morgan fingerprint density at radius 2 is 1.79 bits per heavy atom. The van der Waals surface area contributed by atoms with Crippen molar-refractivity contribution < 1.29 is 4.79 Å². The third kappa shape index (κ3) is 3.33. The third-order valence-electron chi connectivity index (χ3n) is 5.33. The normalized spacial score (nSPS) is 13.6. The molecule has 0 bridgehead atoms. The van der Waals surface area contributed by atoms with E-state index in [0.29, 0.717) is 17.4 Å². The summed E-state index contributed by atoms with van der Waals surface area (Å²) in [7, 11) is 1.90. The van der Waals surface area contributed by atoms with E-state index in [1.807, 2.05) is 37.6 Å². The fourth-order valence-corrected chi connectivity index (χ4v) is 3.54. The van der Waals surface area contributed by atoms with Gasteiger partial charge in [-0.1, -0.05) is 24.3 Å². The number of nitrogens with two attached hydrogens (primary N) is 1. The number of carbonyl (C=O) groups excluding carboxylic acids is 1. The standard InChI is InChI=1S/C23H21N5O/c1-28-13-17(11-26-28)14-2-4-15(5-3-14)21-12-25-22(24)19-9-6-16(10-20(19)21)23(29)27-18-7-8-18/h2-6,9-13,18H,7-8H2,1H3,(H2,24,25)(H,27,29). The van der Waals surface area contributed by atoms with Gasteiger partial charge in [0.1, 0.15) is 5.82 Å². The molecule has 29 heavy (non-hydrogen) atoms. The summed E-state index contributed by atoms with van der Waals surface area (Å²) in [5.74, 6) is 0.424. The second-order valence-electron chi connectivity index (χ2n) is 7.55. The number of nitrogens with one attached hydrogen (secondary N) is 1. The minimum absolute atomic E-state index is 0.0392. The van der Waals surface area contributed by atoms with E-state index in [1.165, 1.54) is 0 Å². The summed E-state index contributed by atoms with van der Waals surface area (Å²) in [6.45, 7) is 0. The highest BCUT2D eigenvalue weighted by atomic mass is 16.1. The Hall–Kier alpha value is -3.67. The molecule has 4 aromatic rings. The Labute approximate surface area is 168 Å². The number of aryl methyl sites for hydroxylation is 1. The van der Waals surface area contributed by atoms with Crippen LogP contribution in [0.3, 0.4) is 0 Å². The van der Waals surface area contributed by atoms with Crippen molar-refractivity contribution in [1.29, 1.82) is 0 Å². The Morgan fingerprint density at radius 3 is 2.48 bits per heavy atom. The number of benzene rings is 2. The van der Waals surface area contributed by atoms with Gasteiger partial charge in [-0.15, -0.1) is 0 Å². The van der Waals surface area contributed by atoms with E-state index >= 15 is 0 Å². The number of pyridine rings is 1. The lowest BCUT2D eigenvalue weighted by atomic mass is 9.97. The molecular weight excluding hydrogens is 362 g/mol. The molecule has 144 valence electrons. The number of aromatic nitrogens is 3. The van der Waals surface area contributed by atoms with Gasteiger partial charge in [0.2, 0.25) is 0 Å². The van der Waals surface area contributed by atoms with Crippen LogP contribution in [0, 0.1) is 0 Å². The van der Waals surface area contributed by atoms with Gasteiger partial charge in [0.05, 0.1) is 6.20 Å². The first-order valence-corrected chi connectivity index (χ1v) is 9.67. The first-order chi connectivity index (χ1) is 14.1. The minimum Gasteiger partial charge on any atom is -0.383 e. The number of hydrogen-bond donors (Lipinski definition) is 2. The van der Waals surface area contributed by atoms with Crippen LogP contribution < -0.4 is 11.1 Å². The Bertz CT molecular complexity index is 1220. The summed E-state index contributed by atoms with van der Waals surface area (Å²) >= 11 is 0. The molecule has 0 atom stereocenters. The molecule has 2 aromatic heterocycles. The first kappa shape index (κ1) is 17.4. The molecule has 5 rings (SSSR count). The van der Waals surface area contributed by atoms with Crippen molar-refractivity contribution in [1.82, 2.24) is 20.1 Å². The van der Waals surface area contributed by atoms with Crippen LogP contribution in [0.15, 0.2) is 61.1 Å². The summed E-state index contributed by atoms with van der Waals surface area (Å²) in [6.07, 6.45) is 7.73. The second kappa shape index (κ2) is 6.74. The predicted octanol–water partition coefficient (Wildman–Crippen LogP) is 3.78. The van der Waals surface area contributed by atoms with E-state index in [4.69, 9.17) is 5.73 Å². The van der Waals surface area contributed by atoms with Crippen molar-refractivity contribution in [2.75, 3.05) is 5.73 Å². The van der Waals surface area contributed by atoms with Crippen LogP contribution in [0.5, 0.6) is 0 Å². The number of amides is 1. The van der Waals surface area contributed by atoms with Crippen molar-refractivity contribution in [2.24, 2.45) is 7.05 Å². The molecule has 2 aromatic carbocycles. The number of nitrogens with zero attached hydrogens (tertiary/aromatic N) is 3. The Balaban J connectivity index is 1.56. The van der Waals surface area contributed by atoms with Crippen LogP contribution in [0.1, 0.15) is 23.2 Å². The first-order valence-electron chi connectivity index (χ1n) is 9.67. The molecule has 0 unspecified atom stereocenters. The highest BCUT2D eigenvalue weighted by Gasteiger charge is 2.24. The van der Waals surface area contributed by atoms with Gasteiger partial charge in [0.15, 0.2) is 0 Å². The lowest BCUT2D eigenvalue weighted by Crippen LogP contribution is -2.25. The number of carbonyl (C=O) groups is 1. The van der Waals surface area contributed by atoms with Crippen molar-refractivity contribution in [2.45, 2.75) is 18.9 Å². The molecule has 0 aliphatic heterocycles. The Morgan fingerprint density at radius 1 is 1.03 bits per heavy atom. The monoisotopic (exact) mass is 383 g/mol. The molecule has 3 N–H and O–H groups in total. The van der Waals surface area contributed by atoms with Crippen LogP contribution in [-0.2, 0) is 7.05 Å². The SMILES string of the molecule is Cn1cc(-c2ccc(-c3cnc(N)c4ccc(C(=O)NC5CC5)cc34)cc2)cn1. The topological polar surface area (TPSA) is 85.8 Å². The van der Waals surface area contributed by atoms with Crippen LogP contribution in [0.4, 0.5) is 5.82 Å². The van der Waals surface area contributed by atoms with Crippen LogP contribution in [0.2, 0.25) is 0 Å². The lowest BCUT2D eigenvalue weighted by Gasteiger charge is -2.11. The number of anilines is 1. The van der Waals surface area contributed by atoms with Gasteiger partial charge in [-0.05, 0) is 47.6 Å². The average Bonchev–Trinajstić information content (AvgIpc) is 3.45. The molecular formula is C23H21N5O. The van der Waals surface area contributed by atoms with E-state index in [1.54, 1.807) is 10.9 Å². The van der Waals surface area contributed by atoms with E-state index < -0.39 is 0 Å². The highest BCUT2D eigenvalue weighted by molar-refractivity contribution is 6.06. The summed E-state index contributed by atoms with van der Waals surface area (Å²) in [6, 6.07) is 14.2. The largest absolute Gasteiger partial charge is 0.383 e. The maximum absolute atomic E-state index is 12.5. The summed E-state index contributed by atoms with van der Waals surface area (Å²) in [5.41, 5.74) is 10.9. The fraction of sp³-hybridized carbons (Fsp3) is 0.174. The molecule has 1 aliphatic carbocycles. The maximum Gasteiger partial charge on any atom is 0.251 e. The average molecular weight is 383 g/mol. The molecule has 1 amide bonds. The summed E-state index contributed by atoms with van der Waals surface area (Å²) in [5, 5.41) is 9.05. The van der Waals surface area contributed by atoms with Gasteiger partial charge in [0, 0.05) is 47.6 Å². The van der Waals surface area contributed by atoms with Gasteiger partial charge in [-0.2, -0.15) is 5.10 Å². The fourth-order valence-electron chi connectivity index (χ4n) is 3.54. The van der Waals surface area contributed by atoms with Gasteiger partial charge in [-0.3, -0.25) is 9.48 Å². The molecule has 1 aliphatic rings. The van der Waals surface area contributed by atoms with Gasteiger partial charge in [-0.25, -0.2) is 4.98 Å². The molecule has 0 saturated heterocycles. The van der Waals surface area contributed by atoms with Gasteiger partial charge < -0.3 is 11.1 Å². The number of rotatable bonds is 4. The van der Waals surface area contributed by atoms with E-state index in [2.05, 4.69) is 39.7 Å². The molecule has 6 heteroatoms. The van der Waals surface area contributed by atoms with Gasteiger partial charge in [0.25, 0.3) is 5.91 Å². The molecule has 1 fully saturated rings. The van der Waals surface area contributed by atoms with Crippen LogP contribution in [0.25, 0.3) is 33.0 Å². The number of fused-ring (bicyclic) bond motifs is 1. The quantitative estimate of drug-likeness (QED) is 0.562. The van der Waals surface area contributed by atoms with Crippen molar-refractivity contribution in [3.05, 3.63) is 66.6 Å². The summed E-state index contributed by atoms with van der Waals surface area (Å²) < 4.78 is 1.79. The van der Waals surface area contributed by atoms with E-state index in [9.17, 15) is 4.79 Å². The number of nitrogen functional groups attached to an aromatic ring is 1. The van der Waals surface area contributed by atoms with E-state index in [0.717, 1.165) is 45.9 Å². The van der Waals surface area contributed by atoms with Crippen molar-refractivity contribution >= 4 is 22.5 Å². The number of hydrogen-bond acceptors (Lipinski definition) is 4. The minimum atomic E-state index is -0.0392. The molecule has 0 spiro atoms. The molecule has 2 heterocycles. The van der Waals surface area contributed by atoms with E-state index in [-0.39, 0.29) is 5.91 Å². The zero-order chi connectivity index (χ0) is 20.0. The zero-order valence-corrected chi connectivity index (χ0v) is 16.1. The lowest BCUT2D eigenvalue weighted by molar-refractivity contribution is 0.0951. The van der Waals surface area contributed by atoms with Crippen LogP contribution in [-0.4, -0.2) is 26.7 Å². The van der Waals surface area contributed by atoms with Crippen LogP contribution >= 0.6 is 0 Å². The highest BCUT2D eigenvalue weighted by Crippen LogP contribution is 2.33. The Kier molecular flexibility index (Phi) is 4.05. The maximum atomic E-state index is 12.5. The molecule has 6 nitrogen and oxygen atoms in total. The zero-order valence-electron chi connectivity index (χ0n) is 16.1. The smallest absolute Gasteiger partial charge is 0.251 e. The molecule has 1 saturated carbocycles. The predicted molar refractivity (Wildman–Crippen MR) is 114 cm³/mol. The van der Waals surface area contributed by atoms with Crippen molar-refractivity contribution in [3.63, 3.8) is 0 Å².